The number of hydrogen-bond acceptors (Lipinski definition) is 2. The fourth-order valence-corrected chi connectivity index (χ4v) is 3.15. The molecule has 0 spiro atoms. The number of anilines is 1. The van der Waals surface area contributed by atoms with Crippen LogP contribution in [-0.4, -0.2) is 17.0 Å². The Bertz CT molecular complexity index is 519. The smallest absolute Gasteiger partial charge is 0.303 e. The summed E-state index contributed by atoms with van der Waals surface area (Å²) in [5.74, 6) is -0.734. The highest BCUT2D eigenvalue weighted by atomic mass is 16.4. The topological polar surface area (TPSA) is 66.4 Å². The number of rotatable bonds is 6. The number of benzene rings is 1. The molecule has 0 radical (unpaired) electrons. The molecular weight excluding hydrogens is 266 g/mol. The molecule has 1 aromatic rings. The number of aliphatic carboxylic acids is 1. The Morgan fingerprint density at radius 3 is 2.52 bits per heavy atom. The normalized spacial score (nSPS) is 16.6. The van der Waals surface area contributed by atoms with Gasteiger partial charge >= 0.3 is 5.97 Å². The molecule has 1 aliphatic rings. The van der Waals surface area contributed by atoms with Crippen molar-refractivity contribution in [2.75, 3.05) is 5.32 Å². The van der Waals surface area contributed by atoms with E-state index in [1.165, 1.54) is 0 Å². The molecule has 4 nitrogen and oxygen atoms in total. The van der Waals surface area contributed by atoms with Gasteiger partial charge in [0.2, 0.25) is 5.91 Å². The molecule has 2 rings (SSSR count). The van der Waals surface area contributed by atoms with Crippen LogP contribution in [0.4, 0.5) is 5.69 Å². The van der Waals surface area contributed by atoms with E-state index in [9.17, 15) is 9.59 Å². The van der Waals surface area contributed by atoms with Crippen LogP contribution in [0, 0.1) is 5.41 Å². The van der Waals surface area contributed by atoms with E-state index >= 15 is 0 Å². The first-order chi connectivity index (χ1) is 10.1. The summed E-state index contributed by atoms with van der Waals surface area (Å²) >= 11 is 0. The minimum Gasteiger partial charge on any atom is -0.481 e. The van der Waals surface area contributed by atoms with Crippen molar-refractivity contribution in [1.29, 1.82) is 0 Å². The van der Waals surface area contributed by atoms with Crippen LogP contribution in [0.5, 0.6) is 0 Å². The first-order valence-electron chi connectivity index (χ1n) is 7.68. The second kappa shape index (κ2) is 6.74. The van der Waals surface area contributed by atoms with Crippen molar-refractivity contribution in [3.05, 3.63) is 29.8 Å². The van der Waals surface area contributed by atoms with E-state index < -0.39 is 5.97 Å². The van der Waals surface area contributed by atoms with Gasteiger partial charge in [-0.1, -0.05) is 38.0 Å². The third-order valence-corrected chi connectivity index (χ3v) is 4.59. The molecule has 1 amide bonds. The van der Waals surface area contributed by atoms with Gasteiger partial charge in [0.05, 0.1) is 0 Å². The van der Waals surface area contributed by atoms with E-state index in [-0.39, 0.29) is 17.7 Å². The van der Waals surface area contributed by atoms with Gasteiger partial charge in [-0.2, -0.15) is 0 Å². The summed E-state index contributed by atoms with van der Waals surface area (Å²) in [6, 6.07) is 7.48. The summed E-state index contributed by atoms with van der Waals surface area (Å²) in [7, 11) is 0. The van der Waals surface area contributed by atoms with Crippen molar-refractivity contribution in [2.24, 2.45) is 5.41 Å². The molecule has 4 heteroatoms. The van der Waals surface area contributed by atoms with Crippen molar-refractivity contribution in [1.82, 2.24) is 0 Å². The molecule has 21 heavy (non-hydrogen) atoms. The van der Waals surface area contributed by atoms with Gasteiger partial charge in [0, 0.05) is 17.5 Å². The first-order valence-corrected chi connectivity index (χ1v) is 7.68. The van der Waals surface area contributed by atoms with Gasteiger partial charge in [0.25, 0.3) is 0 Å². The van der Waals surface area contributed by atoms with Crippen LogP contribution >= 0.6 is 0 Å². The van der Waals surface area contributed by atoms with Gasteiger partial charge in [0.1, 0.15) is 0 Å². The van der Waals surface area contributed by atoms with Gasteiger partial charge in [0.15, 0.2) is 0 Å². The number of aryl methyl sites for hydroxylation is 1. The summed E-state index contributed by atoms with van der Waals surface area (Å²) < 4.78 is 0. The number of amides is 1. The maximum absolute atomic E-state index is 12.6. The average molecular weight is 289 g/mol. The Morgan fingerprint density at radius 2 is 1.90 bits per heavy atom. The Kier molecular flexibility index (Phi) is 4.99. The lowest BCUT2D eigenvalue weighted by atomic mass is 9.82. The maximum Gasteiger partial charge on any atom is 0.303 e. The summed E-state index contributed by atoms with van der Waals surface area (Å²) in [5, 5.41) is 11.8. The summed E-state index contributed by atoms with van der Waals surface area (Å²) in [6.07, 6.45) is 5.50. The minimum atomic E-state index is -0.822. The monoisotopic (exact) mass is 289 g/mol. The highest BCUT2D eigenvalue weighted by Crippen LogP contribution is 2.42. The lowest BCUT2D eigenvalue weighted by Crippen LogP contribution is -2.33. The third-order valence-electron chi connectivity index (χ3n) is 4.59. The van der Waals surface area contributed by atoms with Crippen LogP contribution < -0.4 is 5.32 Å². The molecule has 1 aromatic carbocycles. The molecule has 1 fully saturated rings. The van der Waals surface area contributed by atoms with E-state index in [0.29, 0.717) is 6.42 Å². The molecule has 0 heterocycles. The Morgan fingerprint density at radius 1 is 1.24 bits per heavy atom. The van der Waals surface area contributed by atoms with Crippen molar-refractivity contribution >= 4 is 17.6 Å². The number of carbonyl (C=O) groups is 2. The van der Waals surface area contributed by atoms with Crippen molar-refractivity contribution < 1.29 is 14.7 Å². The highest BCUT2D eigenvalue weighted by molar-refractivity contribution is 5.96. The molecule has 0 saturated heterocycles. The summed E-state index contributed by atoms with van der Waals surface area (Å²) in [5.41, 5.74) is 1.40. The fourth-order valence-electron chi connectivity index (χ4n) is 3.15. The quantitative estimate of drug-likeness (QED) is 0.840. The number of carboxylic acid groups (broad SMARTS) is 1. The van der Waals surface area contributed by atoms with Crippen molar-refractivity contribution in [3.63, 3.8) is 0 Å². The summed E-state index contributed by atoms with van der Waals surface area (Å²) in [6.45, 7) is 2.07. The van der Waals surface area contributed by atoms with Crippen molar-refractivity contribution in [3.8, 4) is 0 Å². The maximum atomic E-state index is 12.6. The molecule has 2 N–H and O–H groups in total. The molecule has 114 valence electrons. The number of para-hydroxylation sites is 1. The highest BCUT2D eigenvalue weighted by Gasteiger charge is 2.39. The summed E-state index contributed by atoms with van der Waals surface area (Å²) in [4.78, 5) is 23.4. The molecular formula is C17H23NO3. The van der Waals surface area contributed by atoms with Crippen molar-refractivity contribution in [2.45, 2.75) is 51.9 Å². The zero-order chi connectivity index (χ0) is 15.3. The van der Waals surface area contributed by atoms with E-state index in [0.717, 1.165) is 43.4 Å². The van der Waals surface area contributed by atoms with Gasteiger partial charge < -0.3 is 10.4 Å². The fraction of sp³-hybridized carbons (Fsp3) is 0.529. The number of carboxylic acids is 1. The second-order valence-corrected chi connectivity index (χ2v) is 5.85. The van der Waals surface area contributed by atoms with Crippen LogP contribution in [0.2, 0.25) is 0 Å². The predicted octanol–water partition coefficient (Wildman–Crippen LogP) is 3.61. The zero-order valence-electron chi connectivity index (χ0n) is 12.5. The molecule has 0 aromatic heterocycles. The van der Waals surface area contributed by atoms with E-state index in [1.807, 2.05) is 24.3 Å². The molecule has 0 bridgehead atoms. The predicted molar refractivity (Wildman–Crippen MR) is 82.2 cm³/mol. The standard InChI is InChI=1S/C17H23NO3/c1-2-17(11-5-6-12-17)16(21)18-14-8-4-3-7-13(14)9-10-15(19)20/h3-4,7-8H,2,5-6,9-12H2,1H3,(H,18,21)(H,19,20). The minimum absolute atomic E-state index is 0.0752. The molecule has 1 saturated carbocycles. The Labute approximate surface area is 125 Å². The first kappa shape index (κ1) is 15.5. The van der Waals surface area contributed by atoms with Gasteiger partial charge in [-0.3, -0.25) is 9.59 Å². The van der Waals surface area contributed by atoms with Gasteiger partial charge in [-0.25, -0.2) is 0 Å². The SMILES string of the molecule is CCC1(C(=O)Nc2ccccc2CCC(=O)O)CCCC1. The average Bonchev–Trinajstić information content (AvgIpc) is 2.96. The van der Waals surface area contributed by atoms with Crippen LogP contribution in [0.3, 0.4) is 0 Å². The Hall–Kier alpha value is -1.84. The number of nitrogens with one attached hydrogen (secondary N) is 1. The Balaban J connectivity index is 2.11. The molecule has 0 unspecified atom stereocenters. The van der Waals surface area contributed by atoms with Crippen LogP contribution in [0.25, 0.3) is 0 Å². The molecule has 0 aliphatic heterocycles. The van der Waals surface area contributed by atoms with Crippen LogP contribution in [0.1, 0.15) is 51.0 Å². The van der Waals surface area contributed by atoms with Crippen LogP contribution in [-0.2, 0) is 16.0 Å². The number of hydrogen-bond donors (Lipinski definition) is 2. The number of carbonyl (C=O) groups excluding carboxylic acids is 1. The van der Waals surface area contributed by atoms with Crippen LogP contribution in [0.15, 0.2) is 24.3 Å². The zero-order valence-corrected chi connectivity index (χ0v) is 12.5. The largest absolute Gasteiger partial charge is 0.481 e. The lowest BCUT2D eigenvalue weighted by Gasteiger charge is -2.26. The van der Waals surface area contributed by atoms with Gasteiger partial charge in [-0.15, -0.1) is 0 Å². The second-order valence-electron chi connectivity index (χ2n) is 5.85. The van der Waals surface area contributed by atoms with E-state index in [2.05, 4.69) is 12.2 Å². The lowest BCUT2D eigenvalue weighted by molar-refractivity contribution is -0.137. The molecule has 0 atom stereocenters. The van der Waals surface area contributed by atoms with E-state index in [4.69, 9.17) is 5.11 Å². The van der Waals surface area contributed by atoms with Gasteiger partial charge in [-0.05, 0) is 37.3 Å². The third kappa shape index (κ3) is 3.63. The molecule has 1 aliphatic carbocycles. The van der Waals surface area contributed by atoms with E-state index in [1.54, 1.807) is 0 Å².